The quantitative estimate of drug-likeness (QED) is 0.888. The molecule has 0 spiro atoms. The van der Waals surface area contributed by atoms with Gasteiger partial charge in [-0.3, -0.25) is 9.69 Å². The number of amides is 2. The summed E-state index contributed by atoms with van der Waals surface area (Å²) in [6, 6.07) is 7.32. The second-order valence-electron chi connectivity index (χ2n) is 4.27. The van der Waals surface area contributed by atoms with E-state index >= 15 is 0 Å². The van der Waals surface area contributed by atoms with Crippen molar-refractivity contribution in [1.82, 2.24) is 4.90 Å². The van der Waals surface area contributed by atoms with Crippen LogP contribution in [-0.2, 0) is 4.79 Å². The lowest BCUT2D eigenvalue weighted by atomic mass is 10.2. The summed E-state index contributed by atoms with van der Waals surface area (Å²) in [5.74, 6) is -1.00. The van der Waals surface area contributed by atoms with E-state index in [1.807, 2.05) is 38.1 Å². The molecular formula is C14H20N2O3. The number of nitrogens with zero attached hydrogens (tertiary/aromatic N) is 2. The van der Waals surface area contributed by atoms with Gasteiger partial charge in [0.1, 0.15) is 6.54 Å². The minimum atomic E-state index is -1.00. The van der Waals surface area contributed by atoms with Crippen molar-refractivity contribution in [2.24, 2.45) is 0 Å². The normalized spacial score (nSPS) is 10.1. The molecule has 1 aromatic carbocycles. The Morgan fingerprint density at radius 1 is 1.21 bits per heavy atom. The van der Waals surface area contributed by atoms with E-state index in [-0.39, 0.29) is 12.6 Å². The largest absolute Gasteiger partial charge is 0.480 e. The minimum Gasteiger partial charge on any atom is -0.480 e. The third kappa shape index (κ3) is 3.98. The molecule has 0 radical (unpaired) electrons. The molecule has 2 amide bonds. The maximum Gasteiger partial charge on any atom is 0.324 e. The number of hydrogen-bond acceptors (Lipinski definition) is 2. The van der Waals surface area contributed by atoms with Crippen molar-refractivity contribution in [2.75, 3.05) is 24.5 Å². The van der Waals surface area contributed by atoms with E-state index in [4.69, 9.17) is 5.11 Å². The van der Waals surface area contributed by atoms with Gasteiger partial charge in [0.05, 0.1) is 0 Å². The van der Waals surface area contributed by atoms with Crippen LogP contribution in [0.5, 0.6) is 0 Å². The topological polar surface area (TPSA) is 60.9 Å². The lowest BCUT2D eigenvalue weighted by Crippen LogP contribution is -2.45. The molecule has 0 atom stereocenters. The van der Waals surface area contributed by atoms with Gasteiger partial charge in [-0.1, -0.05) is 12.1 Å². The zero-order chi connectivity index (χ0) is 14.4. The van der Waals surface area contributed by atoms with Crippen molar-refractivity contribution in [1.29, 1.82) is 0 Å². The Balaban J connectivity index is 2.95. The summed E-state index contributed by atoms with van der Waals surface area (Å²) in [6.07, 6.45) is 0. The Morgan fingerprint density at radius 3 is 2.37 bits per heavy atom. The number of carbonyl (C=O) groups excluding carboxylic acids is 1. The molecule has 1 N–H and O–H groups in total. The molecule has 0 unspecified atom stereocenters. The SMILES string of the molecule is CCN(CC(=O)O)C(=O)N(CC)c1cccc(C)c1. The number of carboxylic acid groups (broad SMARTS) is 1. The molecule has 0 bridgehead atoms. The molecule has 0 aliphatic rings. The molecule has 1 aromatic rings. The van der Waals surface area contributed by atoms with E-state index in [0.717, 1.165) is 11.3 Å². The third-order valence-electron chi connectivity index (χ3n) is 2.84. The van der Waals surface area contributed by atoms with Crippen LogP contribution in [0.3, 0.4) is 0 Å². The van der Waals surface area contributed by atoms with Crippen LogP contribution in [0, 0.1) is 6.92 Å². The highest BCUT2D eigenvalue weighted by molar-refractivity contribution is 5.93. The van der Waals surface area contributed by atoms with Crippen LogP contribution >= 0.6 is 0 Å². The number of aryl methyl sites for hydroxylation is 1. The summed E-state index contributed by atoms with van der Waals surface area (Å²) in [6.45, 7) is 6.18. The highest BCUT2D eigenvalue weighted by Crippen LogP contribution is 2.17. The van der Waals surface area contributed by atoms with E-state index in [1.165, 1.54) is 4.90 Å². The van der Waals surface area contributed by atoms with Crippen LogP contribution in [0.4, 0.5) is 10.5 Å². The van der Waals surface area contributed by atoms with E-state index in [0.29, 0.717) is 13.1 Å². The average Bonchev–Trinajstić information content (AvgIpc) is 2.36. The van der Waals surface area contributed by atoms with E-state index in [9.17, 15) is 9.59 Å². The number of likely N-dealkylation sites (N-methyl/N-ethyl adjacent to an activating group) is 1. The number of benzene rings is 1. The highest BCUT2D eigenvalue weighted by atomic mass is 16.4. The smallest absolute Gasteiger partial charge is 0.324 e. The maximum absolute atomic E-state index is 12.3. The van der Waals surface area contributed by atoms with Gasteiger partial charge in [0.2, 0.25) is 0 Å². The molecule has 0 fully saturated rings. The molecule has 5 nitrogen and oxygen atoms in total. The summed E-state index contributed by atoms with van der Waals surface area (Å²) in [7, 11) is 0. The highest BCUT2D eigenvalue weighted by Gasteiger charge is 2.21. The van der Waals surface area contributed by atoms with Crippen LogP contribution in [-0.4, -0.2) is 41.6 Å². The fraction of sp³-hybridized carbons (Fsp3) is 0.429. The number of rotatable bonds is 5. The first-order valence-electron chi connectivity index (χ1n) is 6.34. The first-order chi connectivity index (χ1) is 8.99. The van der Waals surface area contributed by atoms with Gasteiger partial charge in [-0.15, -0.1) is 0 Å². The third-order valence-corrected chi connectivity index (χ3v) is 2.84. The molecule has 0 aromatic heterocycles. The molecule has 0 heterocycles. The van der Waals surface area contributed by atoms with Crippen molar-refractivity contribution in [3.8, 4) is 0 Å². The molecule has 0 saturated heterocycles. The van der Waals surface area contributed by atoms with Crippen LogP contribution < -0.4 is 4.90 Å². The van der Waals surface area contributed by atoms with Crippen molar-refractivity contribution in [3.63, 3.8) is 0 Å². The molecule has 0 aliphatic heterocycles. The van der Waals surface area contributed by atoms with Crippen LogP contribution in [0.15, 0.2) is 24.3 Å². The number of urea groups is 1. The molecule has 0 aliphatic carbocycles. The number of carbonyl (C=O) groups is 2. The summed E-state index contributed by atoms with van der Waals surface area (Å²) in [5, 5.41) is 8.82. The van der Waals surface area contributed by atoms with E-state index < -0.39 is 5.97 Å². The second kappa shape index (κ2) is 6.78. The van der Waals surface area contributed by atoms with Crippen molar-refractivity contribution < 1.29 is 14.7 Å². The number of carboxylic acids is 1. The summed E-state index contributed by atoms with van der Waals surface area (Å²) in [4.78, 5) is 26.0. The standard InChI is InChI=1S/C14H20N2O3/c1-4-15(10-13(17)18)14(19)16(5-2)12-8-6-7-11(3)9-12/h6-9H,4-5,10H2,1-3H3,(H,17,18). The van der Waals surface area contributed by atoms with Crippen molar-refractivity contribution in [3.05, 3.63) is 29.8 Å². The molecule has 0 saturated carbocycles. The van der Waals surface area contributed by atoms with Crippen LogP contribution in [0.2, 0.25) is 0 Å². The second-order valence-corrected chi connectivity index (χ2v) is 4.27. The molecular weight excluding hydrogens is 244 g/mol. The first kappa shape index (κ1) is 15.0. The first-order valence-corrected chi connectivity index (χ1v) is 6.34. The minimum absolute atomic E-state index is 0.280. The van der Waals surface area contributed by atoms with Crippen molar-refractivity contribution >= 4 is 17.7 Å². The number of hydrogen-bond donors (Lipinski definition) is 1. The molecule has 104 valence electrons. The number of aliphatic carboxylic acids is 1. The Hall–Kier alpha value is -2.04. The van der Waals surface area contributed by atoms with Gasteiger partial charge in [0.15, 0.2) is 0 Å². The predicted octanol–water partition coefficient (Wildman–Crippen LogP) is 2.35. The van der Waals surface area contributed by atoms with E-state index in [1.54, 1.807) is 11.8 Å². The van der Waals surface area contributed by atoms with Crippen molar-refractivity contribution in [2.45, 2.75) is 20.8 Å². The van der Waals surface area contributed by atoms with Crippen LogP contribution in [0.25, 0.3) is 0 Å². The lowest BCUT2D eigenvalue weighted by Gasteiger charge is -2.28. The van der Waals surface area contributed by atoms with Crippen LogP contribution in [0.1, 0.15) is 19.4 Å². The van der Waals surface area contributed by atoms with Gasteiger partial charge < -0.3 is 10.0 Å². The summed E-state index contributed by atoms with van der Waals surface area (Å²) < 4.78 is 0. The number of anilines is 1. The molecule has 1 rings (SSSR count). The fourth-order valence-corrected chi connectivity index (χ4v) is 1.87. The predicted molar refractivity (Wildman–Crippen MR) is 74.5 cm³/mol. The fourth-order valence-electron chi connectivity index (χ4n) is 1.87. The Morgan fingerprint density at radius 2 is 1.89 bits per heavy atom. The van der Waals surface area contributed by atoms with Gasteiger partial charge in [0.25, 0.3) is 0 Å². The van der Waals surface area contributed by atoms with E-state index in [2.05, 4.69) is 0 Å². The van der Waals surface area contributed by atoms with Gasteiger partial charge in [-0.2, -0.15) is 0 Å². The van der Waals surface area contributed by atoms with Gasteiger partial charge in [-0.25, -0.2) is 4.79 Å². The summed E-state index contributed by atoms with van der Waals surface area (Å²) in [5.41, 5.74) is 1.85. The molecule has 5 heteroatoms. The Labute approximate surface area is 113 Å². The maximum atomic E-state index is 12.3. The van der Waals surface area contributed by atoms with Gasteiger partial charge in [0, 0.05) is 18.8 Å². The Kier molecular flexibility index (Phi) is 5.36. The zero-order valence-electron chi connectivity index (χ0n) is 11.6. The average molecular weight is 264 g/mol. The monoisotopic (exact) mass is 264 g/mol. The van der Waals surface area contributed by atoms with Gasteiger partial charge >= 0.3 is 12.0 Å². The lowest BCUT2D eigenvalue weighted by molar-refractivity contribution is -0.137. The zero-order valence-corrected chi connectivity index (χ0v) is 11.6. The Bertz CT molecular complexity index is 460. The van der Waals surface area contributed by atoms with Gasteiger partial charge in [-0.05, 0) is 38.5 Å². The molecule has 19 heavy (non-hydrogen) atoms. The summed E-state index contributed by atoms with van der Waals surface area (Å²) >= 11 is 0.